The molecule has 7 nitrogen and oxygen atoms in total. The first-order chi connectivity index (χ1) is 16.0. The van der Waals surface area contributed by atoms with Crippen molar-refractivity contribution in [3.8, 4) is 11.1 Å². The SMILES string of the molecule is NCc1ccc(-c2ccc(C(=O)N3CCN(C(=O)C4(O)CC4)CC3)cc2)cc1NCC1CC1. The van der Waals surface area contributed by atoms with Crippen LogP contribution < -0.4 is 11.1 Å². The van der Waals surface area contributed by atoms with Crippen LogP contribution in [0.15, 0.2) is 42.5 Å². The number of nitrogens with two attached hydrogens (primary N) is 1. The van der Waals surface area contributed by atoms with Crippen molar-refractivity contribution in [3.63, 3.8) is 0 Å². The van der Waals surface area contributed by atoms with Crippen molar-refractivity contribution in [3.05, 3.63) is 53.6 Å². The summed E-state index contributed by atoms with van der Waals surface area (Å²) >= 11 is 0. The van der Waals surface area contributed by atoms with Crippen molar-refractivity contribution in [1.82, 2.24) is 9.80 Å². The standard InChI is InChI=1S/C26H32N4O3/c27-16-22-8-7-21(15-23(22)28-17-18-1-2-18)19-3-5-20(6-4-19)24(31)29-11-13-30(14-12-29)25(32)26(33)9-10-26/h3-8,15,18,28,33H,1-2,9-14,16-17,27H2. The van der Waals surface area contributed by atoms with Gasteiger partial charge in [-0.25, -0.2) is 0 Å². The molecule has 2 aromatic rings. The first-order valence-electron chi connectivity index (χ1n) is 12.0. The molecule has 174 valence electrons. The predicted octanol–water partition coefficient (Wildman–Crippen LogP) is 2.44. The number of benzene rings is 2. The molecule has 2 aromatic carbocycles. The third-order valence-corrected chi connectivity index (χ3v) is 7.05. The number of nitrogens with zero attached hydrogens (tertiary/aromatic N) is 2. The molecular weight excluding hydrogens is 416 g/mol. The molecule has 0 spiro atoms. The number of nitrogens with one attached hydrogen (secondary N) is 1. The Morgan fingerprint density at radius 1 is 0.970 bits per heavy atom. The molecule has 7 heteroatoms. The lowest BCUT2D eigenvalue weighted by Gasteiger charge is -2.35. The Hall–Kier alpha value is -2.90. The monoisotopic (exact) mass is 448 g/mol. The van der Waals surface area contributed by atoms with Crippen molar-refractivity contribution in [1.29, 1.82) is 0 Å². The van der Waals surface area contributed by atoms with Crippen LogP contribution in [-0.2, 0) is 11.3 Å². The lowest BCUT2D eigenvalue weighted by atomic mass is 10.0. The first-order valence-corrected chi connectivity index (χ1v) is 12.0. The molecule has 3 fully saturated rings. The summed E-state index contributed by atoms with van der Waals surface area (Å²) in [7, 11) is 0. The maximum Gasteiger partial charge on any atom is 0.254 e. The molecule has 0 bridgehead atoms. The van der Waals surface area contributed by atoms with E-state index in [-0.39, 0.29) is 11.8 Å². The zero-order valence-corrected chi connectivity index (χ0v) is 18.9. The fraction of sp³-hybridized carbons (Fsp3) is 0.462. The molecule has 2 saturated carbocycles. The van der Waals surface area contributed by atoms with Gasteiger partial charge in [-0.3, -0.25) is 9.59 Å². The summed E-state index contributed by atoms with van der Waals surface area (Å²) in [5.74, 6) is 0.567. The van der Waals surface area contributed by atoms with Crippen LogP contribution in [0.3, 0.4) is 0 Å². The highest BCUT2D eigenvalue weighted by Crippen LogP contribution is 2.37. The van der Waals surface area contributed by atoms with Gasteiger partial charge in [0.25, 0.3) is 11.8 Å². The average Bonchev–Trinajstić information content (AvgIpc) is 3.80. The van der Waals surface area contributed by atoms with Gasteiger partial charge in [0.05, 0.1) is 0 Å². The minimum atomic E-state index is -1.14. The summed E-state index contributed by atoms with van der Waals surface area (Å²) in [4.78, 5) is 28.7. The van der Waals surface area contributed by atoms with Gasteiger partial charge in [0.1, 0.15) is 5.60 Å². The molecule has 2 aliphatic carbocycles. The molecule has 2 amide bonds. The lowest BCUT2D eigenvalue weighted by Crippen LogP contribution is -2.53. The van der Waals surface area contributed by atoms with Crippen LogP contribution >= 0.6 is 0 Å². The number of amides is 2. The summed E-state index contributed by atoms with van der Waals surface area (Å²) in [5.41, 5.74) is 9.76. The van der Waals surface area contributed by atoms with Crippen LogP contribution in [0.1, 0.15) is 41.6 Å². The normalized spacial score (nSPS) is 19.3. The van der Waals surface area contributed by atoms with E-state index in [1.807, 2.05) is 24.3 Å². The molecule has 3 aliphatic rings. The van der Waals surface area contributed by atoms with Gasteiger partial charge in [0.2, 0.25) is 0 Å². The Labute approximate surface area is 194 Å². The number of aliphatic hydroxyl groups is 1. The highest BCUT2D eigenvalue weighted by Gasteiger charge is 2.50. The zero-order chi connectivity index (χ0) is 23.0. The smallest absolute Gasteiger partial charge is 0.254 e. The van der Waals surface area contributed by atoms with Crippen LogP contribution in [0.5, 0.6) is 0 Å². The van der Waals surface area contributed by atoms with E-state index in [1.165, 1.54) is 12.8 Å². The van der Waals surface area contributed by atoms with Gasteiger partial charge in [-0.2, -0.15) is 0 Å². The van der Waals surface area contributed by atoms with Gasteiger partial charge in [-0.05, 0) is 66.5 Å². The minimum Gasteiger partial charge on any atom is -0.384 e. The topological polar surface area (TPSA) is 98.9 Å². The quantitative estimate of drug-likeness (QED) is 0.604. The van der Waals surface area contributed by atoms with E-state index < -0.39 is 5.60 Å². The van der Waals surface area contributed by atoms with E-state index in [2.05, 4.69) is 23.5 Å². The van der Waals surface area contributed by atoms with E-state index in [9.17, 15) is 14.7 Å². The Morgan fingerprint density at radius 2 is 1.61 bits per heavy atom. The summed E-state index contributed by atoms with van der Waals surface area (Å²) in [6.07, 6.45) is 3.69. The van der Waals surface area contributed by atoms with Gasteiger partial charge in [0, 0.05) is 50.5 Å². The highest BCUT2D eigenvalue weighted by molar-refractivity contribution is 5.95. The van der Waals surface area contributed by atoms with Gasteiger partial charge in [0.15, 0.2) is 0 Å². The average molecular weight is 449 g/mol. The third kappa shape index (κ3) is 4.75. The second-order valence-corrected chi connectivity index (χ2v) is 9.59. The van der Waals surface area contributed by atoms with Gasteiger partial charge >= 0.3 is 0 Å². The lowest BCUT2D eigenvalue weighted by molar-refractivity contribution is -0.143. The van der Waals surface area contributed by atoms with Crippen LogP contribution in [0, 0.1) is 5.92 Å². The van der Waals surface area contributed by atoms with Crippen molar-refractivity contribution in [2.75, 3.05) is 38.0 Å². The summed E-state index contributed by atoms with van der Waals surface area (Å²) in [6.45, 7) is 3.39. The fourth-order valence-electron chi connectivity index (χ4n) is 4.40. The number of hydrogen-bond donors (Lipinski definition) is 3. The Balaban J connectivity index is 1.22. The molecule has 1 saturated heterocycles. The Morgan fingerprint density at radius 3 is 2.21 bits per heavy atom. The van der Waals surface area contributed by atoms with Crippen LogP contribution in [-0.4, -0.2) is 65.0 Å². The Bertz CT molecular complexity index is 1040. The minimum absolute atomic E-state index is 0.0240. The number of piperazine rings is 1. The molecule has 5 rings (SSSR count). The molecule has 0 aromatic heterocycles. The van der Waals surface area contributed by atoms with Crippen LogP contribution in [0.2, 0.25) is 0 Å². The van der Waals surface area contributed by atoms with Crippen molar-refractivity contribution >= 4 is 17.5 Å². The molecule has 1 aliphatic heterocycles. The van der Waals surface area contributed by atoms with E-state index in [0.29, 0.717) is 51.1 Å². The van der Waals surface area contributed by atoms with E-state index in [4.69, 9.17) is 5.73 Å². The number of rotatable bonds is 7. The highest BCUT2D eigenvalue weighted by atomic mass is 16.3. The zero-order valence-electron chi connectivity index (χ0n) is 18.9. The number of carbonyl (C=O) groups excluding carboxylic acids is 2. The largest absolute Gasteiger partial charge is 0.384 e. The summed E-state index contributed by atoms with van der Waals surface area (Å²) in [5, 5.41) is 13.6. The van der Waals surface area contributed by atoms with Gasteiger partial charge < -0.3 is 26.0 Å². The van der Waals surface area contributed by atoms with E-state index in [1.54, 1.807) is 9.80 Å². The fourth-order valence-corrected chi connectivity index (χ4v) is 4.40. The number of carbonyl (C=O) groups is 2. The second-order valence-electron chi connectivity index (χ2n) is 9.59. The van der Waals surface area contributed by atoms with Crippen molar-refractivity contribution in [2.45, 2.75) is 37.8 Å². The first kappa shape index (κ1) is 21.9. The summed E-state index contributed by atoms with van der Waals surface area (Å²) < 4.78 is 0. The Kier molecular flexibility index (Phi) is 5.85. The van der Waals surface area contributed by atoms with E-state index in [0.717, 1.165) is 34.8 Å². The molecular formula is C26H32N4O3. The maximum atomic E-state index is 13.0. The second kappa shape index (κ2) is 8.80. The maximum absolute atomic E-state index is 13.0. The molecule has 0 radical (unpaired) electrons. The van der Waals surface area contributed by atoms with Crippen LogP contribution in [0.25, 0.3) is 11.1 Å². The van der Waals surface area contributed by atoms with Crippen molar-refractivity contribution in [2.24, 2.45) is 11.7 Å². The predicted molar refractivity (Wildman–Crippen MR) is 128 cm³/mol. The van der Waals surface area contributed by atoms with Gasteiger partial charge in [-0.1, -0.05) is 24.3 Å². The molecule has 0 atom stereocenters. The third-order valence-electron chi connectivity index (χ3n) is 7.05. The number of hydrogen-bond acceptors (Lipinski definition) is 5. The number of anilines is 1. The van der Waals surface area contributed by atoms with Gasteiger partial charge in [-0.15, -0.1) is 0 Å². The molecule has 0 unspecified atom stereocenters. The molecule has 33 heavy (non-hydrogen) atoms. The van der Waals surface area contributed by atoms with E-state index >= 15 is 0 Å². The summed E-state index contributed by atoms with van der Waals surface area (Å²) in [6, 6.07) is 14.0. The molecule has 4 N–H and O–H groups in total. The van der Waals surface area contributed by atoms with Crippen LogP contribution in [0.4, 0.5) is 5.69 Å². The van der Waals surface area contributed by atoms with Crippen molar-refractivity contribution < 1.29 is 14.7 Å². The molecule has 1 heterocycles.